The lowest BCUT2D eigenvalue weighted by molar-refractivity contribution is 0.112. The van der Waals surface area contributed by atoms with E-state index in [0.717, 1.165) is 11.8 Å². The highest BCUT2D eigenvalue weighted by molar-refractivity contribution is 5.75. The van der Waals surface area contributed by atoms with Crippen LogP contribution >= 0.6 is 0 Å². The number of rotatable bonds is 2. The van der Waals surface area contributed by atoms with Crippen LogP contribution in [0.2, 0.25) is 0 Å². The fourth-order valence-corrected chi connectivity index (χ4v) is 1.46. The van der Waals surface area contributed by atoms with Crippen LogP contribution in [-0.2, 0) is 5.41 Å². The van der Waals surface area contributed by atoms with Gasteiger partial charge in [0.2, 0.25) is 0 Å². The summed E-state index contributed by atoms with van der Waals surface area (Å²) in [5.74, 6) is 0. The van der Waals surface area contributed by atoms with E-state index >= 15 is 0 Å². The second-order valence-electron chi connectivity index (χ2n) is 3.80. The van der Waals surface area contributed by atoms with Gasteiger partial charge < -0.3 is 0 Å². The molecule has 1 nitrogen and oxygen atoms in total. The first-order valence-corrected chi connectivity index (χ1v) is 4.30. The molecule has 0 N–H and O–H groups in total. The van der Waals surface area contributed by atoms with Crippen LogP contribution in [0, 0.1) is 0 Å². The smallest absolute Gasteiger partial charge is 0.150 e. The van der Waals surface area contributed by atoms with Crippen LogP contribution in [0.3, 0.4) is 0 Å². The Hall–Kier alpha value is -1.11. The number of aldehydes is 1. The number of benzene rings is 1. The van der Waals surface area contributed by atoms with E-state index in [-0.39, 0.29) is 0 Å². The summed E-state index contributed by atoms with van der Waals surface area (Å²) in [7, 11) is 0. The highest BCUT2D eigenvalue weighted by Gasteiger charge is 2.38. The third-order valence-corrected chi connectivity index (χ3v) is 2.72. The van der Waals surface area contributed by atoms with Crippen LogP contribution in [0.15, 0.2) is 24.3 Å². The van der Waals surface area contributed by atoms with Gasteiger partial charge >= 0.3 is 0 Å². The molecule has 1 aliphatic carbocycles. The topological polar surface area (TPSA) is 17.1 Å². The summed E-state index contributed by atoms with van der Waals surface area (Å²) in [4.78, 5) is 10.5. The molecular weight excluding hydrogens is 148 g/mol. The van der Waals surface area contributed by atoms with Gasteiger partial charge in [-0.05, 0) is 29.9 Å². The molecule has 1 fully saturated rings. The Balaban J connectivity index is 2.38. The summed E-state index contributed by atoms with van der Waals surface area (Å²) < 4.78 is 0. The van der Waals surface area contributed by atoms with Gasteiger partial charge in [-0.15, -0.1) is 0 Å². The molecule has 2 rings (SSSR count). The molecular formula is C11H12O. The van der Waals surface area contributed by atoms with E-state index in [9.17, 15) is 4.79 Å². The summed E-state index contributed by atoms with van der Waals surface area (Å²) in [5, 5.41) is 0. The van der Waals surface area contributed by atoms with Crippen molar-refractivity contribution >= 4 is 6.29 Å². The maximum absolute atomic E-state index is 10.5. The standard InChI is InChI=1S/C11H12O/c1-11(5-6-11)10-4-2-3-9(7-10)8-12/h2-4,7-8H,5-6H2,1H3. The van der Waals surface area contributed by atoms with Crippen molar-refractivity contribution in [2.45, 2.75) is 25.2 Å². The lowest BCUT2D eigenvalue weighted by atomic mass is 9.97. The van der Waals surface area contributed by atoms with E-state index in [1.54, 1.807) is 0 Å². The predicted molar refractivity (Wildman–Crippen MR) is 48.4 cm³/mol. The van der Waals surface area contributed by atoms with Crippen molar-refractivity contribution in [2.24, 2.45) is 0 Å². The molecule has 0 heterocycles. The van der Waals surface area contributed by atoms with Gasteiger partial charge in [0, 0.05) is 5.56 Å². The second-order valence-corrected chi connectivity index (χ2v) is 3.80. The Morgan fingerprint density at radius 1 is 1.42 bits per heavy atom. The van der Waals surface area contributed by atoms with Crippen LogP contribution in [0.1, 0.15) is 35.7 Å². The Morgan fingerprint density at radius 2 is 2.17 bits per heavy atom. The van der Waals surface area contributed by atoms with Crippen LogP contribution < -0.4 is 0 Å². The largest absolute Gasteiger partial charge is 0.298 e. The normalized spacial score (nSPS) is 18.8. The number of carbonyl (C=O) groups is 1. The zero-order chi connectivity index (χ0) is 8.60. The Labute approximate surface area is 72.4 Å². The minimum Gasteiger partial charge on any atom is -0.298 e. The summed E-state index contributed by atoms with van der Waals surface area (Å²) in [5.41, 5.74) is 2.48. The number of hydrogen-bond donors (Lipinski definition) is 0. The van der Waals surface area contributed by atoms with E-state index in [4.69, 9.17) is 0 Å². The second kappa shape index (κ2) is 2.44. The van der Waals surface area contributed by atoms with E-state index < -0.39 is 0 Å². The third-order valence-electron chi connectivity index (χ3n) is 2.72. The first kappa shape index (κ1) is 7.53. The quantitative estimate of drug-likeness (QED) is 0.607. The van der Waals surface area contributed by atoms with Gasteiger partial charge in [-0.3, -0.25) is 4.79 Å². The van der Waals surface area contributed by atoms with Gasteiger partial charge in [0.15, 0.2) is 0 Å². The predicted octanol–water partition coefficient (Wildman–Crippen LogP) is 2.55. The van der Waals surface area contributed by atoms with Gasteiger partial charge in [0.1, 0.15) is 6.29 Å². The van der Waals surface area contributed by atoms with Crippen molar-refractivity contribution in [3.8, 4) is 0 Å². The molecule has 0 bridgehead atoms. The average Bonchev–Trinajstić information content (AvgIpc) is 2.85. The van der Waals surface area contributed by atoms with Crippen LogP contribution in [0.5, 0.6) is 0 Å². The highest BCUT2D eigenvalue weighted by Crippen LogP contribution is 2.47. The zero-order valence-electron chi connectivity index (χ0n) is 7.21. The Kier molecular flexibility index (Phi) is 1.53. The van der Waals surface area contributed by atoms with Crippen LogP contribution in [-0.4, -0.2) is 6.29 Å². The lowest BCUT2D eigenvalue weighted by Crippen LogP contribution is -1.99. The van der Waals surface area contributed by atoms with Crippen molar-refractivity contribution in [3.63, 3.8) is 0 Å². The third kappa shape index (κ3) is 1.15. The molecule has 1 saturated carbocycles. The van der Waals surface area contributed by atoms with E-state index in [0.29, 0.717) is 5.41 Å². The van der Waals surface area contributed by atoms with Crippen molar-refractivity contribution < 1.29 is 4.79 Å². The minimum absolute atomic E-state index is 0.374. The molecule has 1 aromatic rings. The summed E-state index contributed by atoms with van der Waals surface area (Å²) in [6.07, 6.45) is 3.43. The first-order chi connectivity index (χ1) is 5.74. The van der Waals surface area contributed by atoms with E-state index in [1.165, 1.54) is 18.4 Å². The molecule has 0 saturated heterocycles. The van der Waals surface area contributed by atoms with Crippen molar-refractivity contribution in [1.82, 2.24) is 0 Å². The lowest BCUT2D eigenvalue weighted by Gasteiger charge is -2.07. The van der Waals surface area contributed by atoms with Gasteiger partial charge in [0.05, 0.1) is 0 Å². The minimum atomic E-state index is 0.374. The average molecular weight is 160 g/mol. The molecule has 62 valence electrons. The first-order valence-electron chi connectivity index (χ1n) is 4.30. The fraction of sp³-hybridized carbons (Fsp3) is 0.364. The van der Waals surface area contributed by atoms with Crippen molar-refractivity contribution in [3.05, 3.63) is 35.4 Å². The van der Waals surface area contributed by atoms with Gasteiger partial charge in [-0.1, -0.05) is 25.1 Å². The van der Waals surface area contributed by atoms with E-state index in [2.05, 4.69) is 13.0 Å². The molecule has 1 aromatic carbocycles. The summed E-state index contributed by atoms with van der Waals surface area (Å²) in [6, 6.07) is 7.92. The molecule has 1 heteroatoms. The molecule has 0 aliphatic heterocycles. The molecule has 0 spiro atoms. The SMILES string of the molecule is CC1(c2cccc(C=O)c2)CC1. The number of hydrogen-bond acceptors (Lipinski definition) is 1. The Bertz CT molecular complexity index is 311. The van der Waals surface area contributed by atoms with Crippen LogP contribution in [0.4, 0.5) is 0 Å². The maximum Gasteiger partial charge on any atom is 0.150 e. The molecule has 0 unspecified atom stereocenters. The molecule has 0 atom stereocenters. The Morgan fingerprint density at radius 3 is 2.75 bits per heavy atom. The van der Waals surface area contributed by atoms with Gasteiger partial charge in [-0.2, -0.15) is 0 Å². The molecule has 0 aromatic heterocycles. The highest BCUT2D eigenvalue weighted by atomic mass is 16.1. The van der Waals surface area contributed by atoms with Gasteiger partial charge in [0.25, 0.3) is 0 Å². The van der Waals surface area contributed by atoms with Gasteiger partial charge in [-0.25, -0.2) is 0 Å². The molecule has 12 heavy (non-hydrogen) atoms. The fourth-order valence-electron chi connectivity index (χ4n) is 1.46. The molecule has 0 radical (unpaired) electrons. The molecule has 0 amide bonds. The molecule has 1 aliphatic rings. The summed E-state index contributed by atoms with van der Waals surface area (Å²) >= 11 is 0. The summed E-state index contributed by atoms with van der Waals surface area (Å²) in [6.45, 7) is 2.25. The van der Waals surface area contributed by atoms with Crippen LogP contribution in [0.25, 0.3) is 0 Å². The maximum atomic E-state index is 10.5. The number of carbonyl (C=O) groups excluding carboxylic acids is 1. The van der Waals surface area contributed by atoms with Crippen molar-refractivity contribution in [2.75, 3.05) is 0 Å². The van der Waals surface area contributed by atoms with Crippen molar-refractivity contribution in [1.29, 1.82) is 0 Å². The van der Waals surface area contributed by atoms with E-state index in [1.807, 2.05) is 18.2 Å². The monoisotopic (exact) mass is 160 g/mol. The zero-order valence-corrected chi connectivity index (χ0v) is 7.21.